The van der Waals surface area contributed by atoms with Crippen LogP contribution < -0.4 is 10.6 Å². The van der Waals surface area contributed by atoms with E-state index in [1.54, 1.807) is 7.11 Å². The number of methoxy groups -OCH3 is 1. The minimum absolute atomic E-state index is 0.334. The third-order valence-corrected chi connectivity index (χ3v) is 3.94. The Balaban J connectivity index is 2.18. The maximum Gasteiger partial charge on any atom is 0.0608 e. The number of rotatable bonds is 3. The van der Waals surface area contributed by atoms with E-state index in [1.807, 2.05) is 18.5 Å². The van der Waals surface area contributed by atoms with Crippen molar-refractivity contribution in [2.75, 3.05) is 25.1 Å². The van der Waals surface area contributed by atoms with Crippen LogP contribution in [0.15, 0.2) is 22.9 Å². The van der Waals surface area contributed by atoms with Crippen LogP contribution in [-0.4, -0.2) is 37.3 Å². The first-order valence-corrected chi connectivity index (χ1v) is 6.64. The van der Waals surface area contributed by atoms with Crippen LogP contribution in [0.1, 0.15) is 12.8 Å². The summed E-state index contributed by atoms with van der Waals surface area (Å²) in [6, 6.07) is 2.37. The Labute approximate surface area is 110 Å². The van der Waals surface area contributed by atoms with Crippen LogP contribution in [0.5, 0.6) is 0 Å². The van der Waals surface area contributed by atoms with Gasteiger partial charge in [-0.2, -0.15) is 0 Å². The smallest absolute Gasteiger partial charge is 0.0608 e. The van der Waals surface area contributed by atoms with E-state index in [0.717, 1.165) is 23.9 Å². The normalized spacial score (nSPS) is 25.0. The first-order chi connectivity index (χ1) is 8.26. The molecular formula is C12H18BrN3O. The summed E-state index contributed by atoms with van der Waals surface area (Å²) in [7, 11) is 1.77. The van der Waals surface area contributed by atoms with Gasteiger partial charge in [-0.25, -0.2) is 0 Å². The van der Waals surface area contributed by atoms with Gasteiger partial charge in [-0.3, -0.25) is 4.98 Å². The summed E-state index contributed by atoms with van der Waals surface area (Å²) in [6.45, 7) is 1.62. The molecule has 0 spiro atoms. The van der Waals surface area contributed by atoms with Crippen LogP contribution in [0.3, 0.4) is 0 Å². The molecule has 1 saturated heterocycles. The summed E-state index contributed by atoms with van der Waals surface area (Å²) in [5.41, 5.74) is 7.04. The highest BCUT2D eigenvalue weighted by Gasteiger charge is 2.28. The molecule has 1 fully saturated rings. The number of anilines is 1. The van der Waals surface area contributed by atoms with Gasteiger partial charge in [0.25, 0.3) is 0 Å². The number of halogens is 1. The largest absolute Gasteiger partial charge is 0.381 e. The maximum atomic E-state index is 5.87. The minimum Gasteiger partial charge on any atom is -0.381 e. The highest BCUT2D eigenvalue weighted by Crippen LogP contribution is 2.30. The quantitative estimate of drug-likeness (QED) is 0.924. The molecule has 1 aliphatic rings. The summed E-state index contributed by atoms with van der Waals surface area (Å²) in [6.07, 6.45) is 6.01. The van der Waals surface area contributed by atoms with Crippen LogP contribution in [0.2, 0.25) is 0 Å². The molecule has 2 N–H and O–H groups in total. The van der Waals surface area contributed by atoms with Crippen molar-refractivity contribution in [1.82, 2.24) is 4.98 Å². The van der Waals surface area contributed by atoms with E-state index in [1.165, 1.54) is 5.69 Å². The molecule has 0 radical (unpaired) electrons. The number of nitrogens with two attached hydrogens (primary N) is 1. The molecule has 1 aromatic heterocycles. The Morgan fingerprint density at radius 2 is 2.47 bits per heavy atom. The average molecular weight is 300 g/mol. The van der Waals surface area contributed by atoms with Crippen molar-refractivity contribution in [1.29, 1.82) is 0 Å². The van der Waals surface area contributed by atoms with Crippen LogP contribution in [0, 0.1) is 0 Å². The Hall–Kier alpha value is -0.650. The summed E-state index contributed by atoms with van der Waals surface area (Å²) in [5.74, 6) is 0. The van der Waals surface area contributed by atoms with Gasteiger partial charge in [0.2, 0.25) is 0 Å². The lowest BCUT2D eigenvalue weighted by atomic mass is 9.98. The van der Waals surface area contributed by atoms with Crippen LogP contribution in [0.25, 0.3) is 0 Å². The van der Waals surface area contributed by atoms with E-state index >= 15 is 0 Å². The minimum atomic E-state index is 0.334. The van der Waals surface area contributed by atoms with Crippen molar-refractivity contribution < 1.29 is 4.74 Å². The van der Waals surface area contributed by atoms with Gasteiger partial charge in [0, 0.05) is 38.6 Å². The molecule has 2 heterocycles. The molecule has 1 aliphatic heterocycles. The molecule has 1 aromatic rings. The third-order valence-electron chi connectivity index (χ3n) is 3.33. The maximum absolute atomic E-state index is 5.87. The van der Waals surface area contributed by atoms with Gasteiger partial charge in [0.1, 0.15) is 0 Å². The molecule has 4 nitrogen and oxygen atoms in total. The van der Waals surface area contributed by atoms with E-state index in [0.29, 0.717) is 18.7 Å². The topological polar surface area (TPSA) is 51.4 Å². The Morgan fingerprint density at radius 1 is 1.65 bits per heavy atom. The molecule has 2 rings (SSSR count). The van der Waals surface area contributed by atoms with Crippen LogP contribution in [-0.2, 0) is 4.74 Å². The molecule has 0 saturated carbocycles. The van der Waals surface area contributed by atoms with Gasteiger partial charge in [-0.05, 0) is 34.8 Å². The highest BCUT2D eigenvalue weighted by atomic mass is 79.9. The Bertz CT molecular complexity index is 375. The molecule has 0 aromatic carbocycles. The highest BCUT2D eigenvalue weighted by molar-refractivity contribution is 9.10. The lowest BCUT2D eigenvalue weighted by Crippen LogP contribution is -2.48. The van der Waals surface area contributed by atoms with E-state index in [-0.39, 0.29) is 0 Å². The summed E-state index contributed by atoms with van der Waals surface area (Å²) >= 11 is 3.54. The van der Waals surface area contributed by atoms with Crippen molar-refractivity contribution in [2.24, 2.45) is 5.73 Å². The van der Waals surface area contributed by atoms with Crippen molar-refractivity contribution in [3.05, 3.63) is 22.9 Å². The van der Waals surface area contributed by atoms with Gasteiger partial charge in [-0.15, -0.1) is 0 Å². The molecule has 5 heteroatoms. The van der Waals surface area contributed by atoms with Crippen molar-refractivity contribution >= 4 is 21.6 Å². The van der Waals surface area contributed by atoms with Gasteiger partial charge >= 0.3 is 0 Å². The van der Waals surface area contributed by atoms with E-state index in [9.17, 15) is 0 Å². The number of ether oxygens (including phenoxy) is 1. The lowest BCUT2D eigenvalue weighted by molar-refractivity contribution is 0.0709. The molecule has 17 heavy (non-hydrogen) atoms. The van der Waals surface area contributed by atoms with Gasteiger partial charge in [-0.1, -0.05) is 0 Å². The first-order valence-electron chi connectivity index (χ1n) is 5.85. The number of hydrogen-bond acceptors (Lipinski definition) is 4. The fourth-order valence-corrected chi connectivity index (χ4v) is 2.85. The van der Waals surface area contributed by atoms with Gasteiger partial charge < -0.3 is 15.4 Å². The first kappa shape index (κ1) is 12.8. The Morgan fingerprint density at radius 3 is 3.12 bits per heavy atom. The van der Waals surface area contributed by atoms with E-state index in [2.05, 4.69) is 25.8 Å². The second kappa shape index (κ2) is 5.80. The van der Waals surface area contributed by atoms with E-state index < -0.39 is 0 Å². The number of aromatic nitrogens is 1. The molecule has 2 atom stereocenters. The standard InChI is InChI=1S/C12H18BrN3O/c1-17-10-3-5-16(9(6-10)7-14)12-2-4-15-8-11(12)13/h2,4,8-10H,3,5-7,14H2,1H3. The van der Waals surface area contributed by atoms with Gasteiger partial charge in [0.05, 0.1) is 16.3 Å². The fraction of sp³-hybridized carbons (Fsp3) is 0.583. The second-order valence-electron chi connectivity index (χ2n) is 4.29. The predicted molar refractivity (Wildman–Crippen MR) is 72.2 cm³/mol. The molecular weight excluding hydrogens is 282 g/mol. The third kappa shape index (κ3) is 2.78. The zero-order valence-corrected chi connectivity index (χ0v) is 11.6. The number of hydrogen-bond donors (Lipinski definition) is 1. The zero-order chi connectivity index (χ0) is 12.3. The monoisotopic (exact) mass is 299 g/mol. The fourth-order valence-electron chi connectivity index (χ4n) is 2.37. The SMILES string of the molecule is COC1CCN(c2ccncc2Br)C(CN)C1. The average Bonchev–Trinajstić information content (AvgIpc) is 2.38. The lowest BCUT2D eigenvalue weighted by Gasteiger charge is -2.40. The molecule has 2 unspecified atom stereocenters. The summed E-state index contributed by atoms with van der Waals surface area (Å²) in [5, 5.41) is 0. The number of piperidine rings is 1. The number of pyridine rings is 1. The number of nitrogens with zero attached hydrogens (tertiary/aromatic N) is 2. The van der Waals surface area contributed by atoms with Crippen LogP contribution in [0.4, 0.5) is 5.69 Å². The van der Waals surface area contributed by atoms with Gasteiger partial charge in [0.15, 0.2) is 0 Å². The molecule has 0 amide bonds. The summed E-state index contributed by atoms with van der Waals surface area (Å²) < 4.78 is 6.45. The zero-order valence-electron chi connectivity index (χ0n) is 9.97. The molecule has 0 aliphatic carbocycles. The van der Waals surface area contributed by atoms with Crippen molar-refractivity contribution in [3.63, 3.8) is 0 Å². The molecule has 0 bridgehead atoms. The van der Waals surface area contributed by atoms with Crippen LogP contribution >= 0.6 is 15.9 Å². The molecule has 94 valence electrons. The summed E-state index contributed by atoms with van der Waals surface area (Å²) in [4.78, 5) is 6.44. The Kier molecular flexibility index (Phi) is 4.36. The van der Waals surface area contributed by atoms with Crippen molar-refractivity contribution in [2.45, 2.75) is 25.0 Å². The van der Waals surface area contributed by atoms with E-state index in [4.69, 9.17) is 10.5 Å². The predicted octanol–water partition coefficient (Wildman–Crippen LogP) is 1.79. The van der Waals surface area contributed by atoms with Crippen molar-refractivity contribution in [3.8, 4) is 0 Å². The second-order valence-corrected chi connectivity index (χ2v) is 5.15.